The van der Waals surface area contributed by atoms with Crippen LogP contribution in [0.25, 0.3) is 0 Å². The van der Waals surface area contributed by atoms with Crippen molar-refractivity contribution in [2.24, 2.45) is 0 Å². The van der Waals surface area contributed by atoms with E-state index in [2.05, 4.69) is 20.6 Å². The second kappa shape index (κ2) is 6.92. The topological polar surface area (TPSA) is 133 Å². The van der Waals surface area contributed by atoms with Crippen molar-refractivity contribution in [3.05, 3.63) is 11.3 Å². The summed E-state index contributed by atoms with van der Waals surface area (Å²) < 4.78 is 0. The second-order valence-electron chi connectivity index (χ2n) is 5.03. The molecule has 22 heavy (non-hydrogen) atoms. The van der Waals surface area contributed by atoms with Gasteiger partial charge in [0.25, 0.3) is 0 Å². The highest BCUT2D eigenvalue weighted by Crippen LogP contribution is 2.19. The minimum atomic E-state index is -0.879. The molecular weight excluding hydrogens is 288 g/mol. The highest BCUT2D eigenvalue weighted by atomic mass is 16.4. The molecule has 1 aromatic heterocycles. The first-order chi connectivity index (χ1) is 10.5. The van der Waals surface area contributed by atoms with Gasteiger partial charge in [0.1, 0.15) is 5.82 Å². The smallest absolute Gasteiger partial charge is 0.317 e. The van der Waals surface area contributed by atoms with Crippen molar-refractivity contribution in [1.82, 2.24) is 20.2 Å². The summed E-state index contributed by atoms with van der Waals surface area (Å²) >= 11 is 0. The van der Waals surface area contributed by atoms with Gasteiger partial charge in [-0.25, -0.2) is 9.78 Å². The van der Waals surface area contributed by atoms with Gasteiger partial charge in [-0.05, 0) is 13.3 Å². The van der Waals surface area contributed by atoms with Crippen LogP contribution in [0.5, 0.6) is 0 Å². The van der Waals surface area contributed by atoms with Crippen LogP contribution < -0.4 is 16.4 Å². The predicted octanol–water partition coefficient (Wildman–Crippen LogP) is -0.178. The van der Waals surface area contributed by atoms with Crippen LogP contribution in [-0.4, -0.2) is 58.2 Å². The van der Waals surface area contributed by atoms with E-state index < -0.39 is 5.97 Å². The maximum absolute atomic E-state index is 11.4. The van der Waals surface area contributed by atoms with Crippen LogP contribution in [0.2, 0.25) is 0 Å². The number of aryl methyl sites for hydroxylation is 1. The van der Waals surface area contributed by atoms with E-state index >= 15 is 0 Å². The monoisotopic (exact) mass is 308 g/mol. The maximum atomic E-state index is 11.4. The van der Waals surface area contributed by atoms with E-state index in [4.69, 9.17) is 10.8 Å². The third kappa shape index (κ3) is 3.96. The van der Waals surface area contributed by atoms with Gasteiger partial charge in [0, 0.05) is 43.9 Å². The zero-order valence-electron chi connectivity index (χ0n) is 12.4. The second-order valence-corrected chi connectivity index (χ2v) is 5.03. The van der Waals surface area contributed by atoms with Gasteiger partial charge < -0.3 is 26.4 Å². The minimum absolute atomic E-state index is 0.00265. The Hall–Kier alpha value is -2.58. The van der Waals surface area contributed by atoms with Crippen molar-refractivity contribution >= 4 is 23.8 Å². The van der Waals surface area contributed by atoms with Crippen LogP contribution in [-0.2, 0) is 11.2 Å². The van der Waals surface area contributed by atoms with Gasteiger partial charge in [-0.2, -0.15) is 4.98 Å². The Morgan fingerprint density at radius 2 is 2.27 bits per heavy atom. The molecule has 0 radical (unpaired) electrons. The molecule has 9 nitrogen and oxygen atoms in total. The van der Waals surface area contributed by atoms with Gasteiger partial charge in [0.2, 0.25) is 5.95 Å². The summed E-state index contributed by atoms with van der Waals surface area (Å²) in [4.78, 5) is 32.1. The zero-order valence-corrected chi connectivity index (χ0v) is 12.4. The van der Waals surface area contributed by atoms with Gasteiger partial charge in [-0.15, -0.1) is 0 Å². The number of aliphatic carboxylic acids is 1. The van der Waals surface area contributed by atoms with E-state index in [1.807, 2.05) is 0 Å². The molecule has 0 saturated carbocycles. The average Bonchev–Trinajstić information content (AvgIpc) is 2.83. The first-order valence-corrected chi connectivity index (χ1v) is 7.09. The number of nitrogens with zero attached hydrogens (tertiary/aromatic N) is 3. The summed E-state index contributed by atoms with van der Waals surface area (Å²) in [6, 6.07) is -0.0775. The van der Waals surface area contributed by atoms with Crippen molar-refractivity contribution in [1.29, 1.82) is 0 Å². The molecule has 0 unspecified atom stereocenters. The number of carbonyl (C=O) groups excluding carboxylic acids is 1. The largest absolute Gasteiger partial charge is 0.481 e. The summed E-state index contributed by atoms with van der Waals surface area (Å²) in [5.74, 6) is -0.209. The van der Waals surface area contributed by atoms with Crippen LogP contribution >= 0.6 is 0 Å². The number of hydrogen-bond donors (Lipinski definition) is 4. The molecule has 2 amide bonds. The Kier molecular flexibility index (Phi) is 4.97. The number of carbonyl (C=O) groups is 2. The molecular formula is C13H20N6O3. The lowest BCUT2D eigenvalue weighted by molar-refractivity contribution is -0.136. The number of anilines is 2. The van der Waals surface area contributed by atoms with E-state index in [9.17, 15) is 9.59 Å². The highest BCUT2D eigenvalue weighted by Gasteiger charge is 2.19. The first-order valence-electron chi connectivity index (χ1n) is 7.09. The fourth-order valence-electron chi connectivity index (χ4n) is 2.33. The van der Waals surface area contributed by atoms with Gasteiger partial charge >= 0.3 is 12.0 Å². The van der Waals surface area contributed by atoms with E-state index in [-0.39, 0.29) is 18.4 Å². The molecule has 0 atom stereocenters. The summed E-state index contributed by atoms with van der Waals surface area (Å²) in [7, 11) is 0. The number of hydrogen-bond acceptors (Lipinski definition) is 6. The number of nitrogens with one attached hydrogen (secondary N) is 2. The lowest BCUT2D eigenvalue weighted by Crippen LogP contribution is -2.32. The highest BCUT2D eigenvalue weighted by molar-refractivity contribution is 5.76. The van der Waals surface area contributed by atoms with Crippen LogP contribution in [0.4, 0.5) is 16.6 Å². The molecule has 0 spiro atoms. The van der Waals surface area contributed by atoms with Crippen LogP contribution in [0.3, 0.4) is 0 Å². The van der Waals surface area contributed by atoms with Gasteiger partial charge in [-0.1, -0.05) is 0 Å². The molecule has 9 heteroatoms. The zero-order chi connectivity index (χ0) is 16.1. The number of nitrogen functional groups attached to an aromatic ring is 1. The lowest BCUT2D eigenvalue weighted by Gasteiger charge is -2.17. The molecule has 0 aromatic carbocycles. The quantitative estimate of drug-likeness (QED) is 0.549. The summed E-state index contributed by atoms with van der Waals surface area (Å²) in [5, 5.41) is 14.7. The molecule has 5 N–H and O–H groups in total. The number of urea groups is 1. The number of nitrogens with two attached hydrogens (primary N) is 1. The standard InChI is InChI=1S/C13H20N6O3/c1-8-9(2-3-10(20)21)11(18-12(14)17-8)15-4-6-19-7-5-16-13(19)22/h2-7H2,1H3,(H,16,22)(H,20,21)(H3,14,15,17,18). The van der Waals surface area contributed by atoms with Crippen molar-refractivity contribution in [3.63, 3.8) is 0 Å². The van der Waals surface area contributed by atoms with Crippen molar-refractivity contribution < 1.29 is 14.7 Å². The van der Waals surface area contributed by atoms with Crippen molar-refractivity contribution in [2.45, 2.75) is 19.8 Å². The molecule has 1 aliphatic rings. The number of amides is 2. The van der Waals surface area contributed by atoms with Gasteiger partial charge in [0.05, 0.1) is 0 Å². The molecule has 2 rings (SSSR count). The SMILES string of the molecule is Cc1nc(N)nc(NCCN2CCNC2=O)c1CCC(=O)O. The Morgan fingerprint density at radius 1 is 1.50 bits per heavy atom. The number of carboxylic acid groups (broad SMARTS) is 1. The minimum Gasteiger partial charge on any atom is -0.481 e. The summed E-state index contributed by atoms with van der Waals surface area (Å²) in [6.45, 7) is 4.14. The molecule has 1 aliphatic heterocycles. The van der Waals surface area contributed by atoms with Gasteiger partial charge in [-0.3, -0.25) is 4.79 Å². The Labute approximate surface area is 127 Å². The fraction of sp³-hybridized carbons (Fsp3) is 0.538. The Bertz CT molecular complexity index is 577. The molecule has 120 valence electrons. The van der Waals surface area contributed by atoms with Crippen molar-refractivity contribution in [3.8, 4) is 0 Å². The molecule has 0 bridgehead atoms. The van der Waals surface area contributed by atoms with Crippen LogP contribution in [0, 0.1) is 6.92 Å². The fourth-order valence-corrected chi connectivity index (χ4v) is 2.33. The Balaban J connectivity index is 2.01. The lowest BCUT2D eigenvalue weighted by atomic mass is 10.1. The molecule has 2 heterocycles. The van der Waals surface area contributed by atoms with E-state index in [1.165, 1.54) is 0 Å². The van der Waals surface area contributed by atoms with E-state index in [0.29, 0.717) is 44.1 Å². The molecule has 1 fully saturated rings. The molecule has 1 saturated heterocycles. The summed E-state index contributed by atoms with van der Waals surface area (Å²) in [5.41, 5.74) is 7.05. The number of aromatic nitrogens is 2. The van der Waals surface area contributed by atoms with E-state index in [1.54, 1.807) is 11.8 Å². The van der Waals surface area contributed by atoms with E-state index in [0.717, 1.165) is 5.56 Å². The van der Waals surface area contributed by atoms with Crippen LogP contribution in [0.1, 0.15) is 17.7 Å². The molecule has 0 aliphatic carbocycles. The first kappa shape index (κ1) is 15.8. The third-order valence-electron chi connectivity index (χ3n) is 3.44. The third-order valence-corrected chi connectivity index (χ3v) is 3.44. The number of carboxylic acids is 1. The van der Waals surface area contributed by atoms with Crippen LogP contribution in [0.15, 0.2) is 0 Å². The predicted molar refractivity (Wildman–Crippen MR) is 80.6 cm³/mol. The van der Waals surface area contributed by atoms with Gasteiger partial charge in [0.15, 0.2) is 0 Å². The Morgan fingerprint density at radius 3 is 2.91 bits per heavy atom. The average molecular weight is 308 g/mol. The summed E-state index contributed by atoms with van der Waals surface area (Å²) in [6.07, 6.45) is 0.325. The molecule has 1 aromatic rings. The number of rotatable bonds is 7. The van der Waals surface area contributed by atoms with Crippen molar-refractivity contribution in [2.75, 3.05) is 37.2 Å². The normalized spacial score (nSPS) is 14.0. The maximum Gasteiger partial charge on any atom is 0.317 e.